The normalized spacial score (nSPS) is 25.7. The van der Waals surface area contributed by atoms with Crippen LogP contribution in [-0.4, -0.2) is 49.2 Å². The van der Waals surface area contributed by atoms with Crippen LogP contribution in [0.15, 0.2) is 30.3 Å². The van der Waals surface area contributed by atoms with Gasteiger partial charge in [0.1, 0.15) is 0 Å². The minimum absolute atomic E-state index is 0.00780. The van der Waals surface area contributed by atoms with Gasteiger partial charge in [0.15, 0.2) is 0 Å². The molecule has 0 aliphatic carbocycles. The number of carbonyl (C=O) groups is 1. The van der Waals surface area contributed by atoms with E-state index in [1.165, 1.54) is 5.56 Å². The van der Waals surface area contributed by atoms with Crippen LogP contribution in [0.2, 0.25) is 0 Å². The number of hydrogen-bond donors (Lipinski definition) is 1. The van der Waals surface area contributed by atoms with Crippen molar-refractivity contribution in [3.8, 4) is 0 Å². The molecule has 3 rings (SSSR count). The van der Waals surface area contributed by atoms with Gasteiger partial charge in [-0.05, 0) is 31.2 Å². The standard InChI is InChI=1S/C17H24N2O2/c20-17-16(18-15-9-12-21-13-15)8-11-19(17)10-4-7-14-5-2-1-3-6-14/h1-3,5-6,15-16,18H,4,7-13H2/t15-,16-/m1/s1. The zero-order chi connectivity index (χ0) is 14.5. The molecule has 2 heterocycles. The molecule has 21 heavy (non-hydrogen) atoms. The molecule has 4 nitrogen and oxygen atoms in total. The van der Waals surface area contributed by atoms with Gasteiger partial charge in [0.25, 0.3) is 0 Å². The number of nitrogens with zero attached hydrogens (tertiary/aromatic N) is 1. The molecule has 2 aliphatic heterocycles. The smallest absolute Gasteiger partial charge is 0.239 e. The second-order valence-electron chi connectivity index (χ2n) is 5.98. The molecule has 0 radical (unpaired) electrons. The molecule has 114 valence electrons. The van der Waals surface area contributed by atoms with Crippen molar-refractivity contribution in [2.75, 3.05) is 26.3 Å². The molecule has 1 aromatic carbocycles. The fourth-order valence-electron chi connectivity index (χ4n) is 3.18. The Morgan fingerprint density at radius 1 is 1.24 bits per heavy atom. The van der Waals surface area contributed by atoms with Gasteiger partial charge in [-0.3, -0.25) is 4.79 Å². The number of amides is 1. The van der Waals surface area contributed by atoms with Crippen LogP contribution in [0.5, 0.6) is 0 Å². The van der Waals surface area contributed by atoms with Crippen molar-refractivity contribution in [2.45, 2.75) is 37.8 Å². The fraction of sp³-hybridized carbons (Fsp3) is 0.588. The average Bonchev–Trinajstić information content (AvgIpc) is 3.13. The Bertz CT molecular complexity index is 457. The maximum Gasteiger partial charge on any atom is 0.239 e. The zero-order valence-electron chi connectivity index (χ0n) is 12.5. The molecule has 2 aliphatic rings. The lowest BCUT2D eigenvalue weighted by Crippen LogP contribution is -2.44. The van der Waals surface area contributed by atoms with Gasteiger partial charge < -0.3 is 15.0 Å². The van der Waals surface area contributed by atoms with Gasteiger partial charge in [0.05, 0.1) is 12.6 Å². The number of ether oxygens (including phenoxy) is 1. The molecule has 0 unspecified atom stereocenters. The molecule has 2 atom stereocenters. The van der Waals surface area contributed by atoms with E-state index in [4.69, 9.17) is 4.74 Å². The van der Waals surface area contributed by atoms with Crippen molar-refractivity contribution in [2.24, 2.45) is 0 Å². The summed E-state index contributed by atoms with van der Waals surface area (Å²) in [7, 11) is 0. The number of nitrogens with one attached hydrogen (secondary N) is 1. The third kappa shape index (κ3) is 3.83. The van der Waals surface area contributed by atoms with Crippen LogP contribution in [0.25, 0.3) is 0 Å². The lowest BCUT2D eigenvalue weighted by atomic mass is 10.1. The second-order valence-corrected chi connectivity index (χ2v) is 5.98. The van der Waals surface area contributed by atoms with Crippen molar-refractivity contribution in [3.63, 3.8) is 0 Å². The average molecular weight is 288 g/mol. The largest absolute Gasteiger partial charge is 0.380 e. The predicted molar refractivity (Wildman–Crippen MR) is 82.1 cm³/mol. The second kappa shape index (κ2) is 7.05. The van der Waals surface area contributed by atoms with Crippen molar-refractivity contribution < 1.29 is 9.53 Å². The number of benzene rings is 1. The summed E-state index contributed by atoms with van der Waals surface area (Å²) in [4.78, 5) is 14.4. The maximum atomic E-state index is 12.4. The highest BCUT2D eigenvalue weighted by Crippen LogP contribution is 2.15. The summed E-state index contributed by atoms with van der Waals surface area (Å²) in [5.41, 5.74) is 1.35. The van der Waals surface area contributed by atoms with Crippen LogP contribution in [0.4, 0.5) is 0 Å². The molecule has 4 heteroatoms. The van der Waals surface area contributed by atoms with Crippen LogP contribution in [-0.2, 0) is 16.0 Å². The quantitative estimate of drug-likeness (QED) is 0.864. The number of carbonyl (C=O) groups excluding carboxylic acids is 1. The maximum absolute atomic E-state index is 12.4. The lowest BCUT2D eigenvalue weighted by molar-refractivity contribution is -0.129. The SMILES string of the molecule is O=C1[C@H](N[C@@H]2CCOC2)CCN1CCCc1ccccc1. The van der Waals surface area contributed by atoms with Gasteiger partial charge in [-0.2, -0.15) is 0 Å². The Labute approximate surface area is 126 Å². The third-order valence-electron chi connectivity index (χ3n) is 4.40. The summed E-state index contributed by atoms with van der Waals surface area (Å²) < 4.78 is 5.36. The summed E-state index contributed by atoms with van der Waals surface area (Å²) in [6, 6.07) is 10.8. The molecule has 0 bridgehead atoms. The van der Waals surface area contributed by atoms with Gasteiger partial charge in [-0.25, -0.2) is 0 Å². The molecular weight excluding hydrogens is 264 g/mol. The summed E-state index contributed by atoms with van der Waals surface area (Å²) in [6.07, 6.45) is 4.03. The molecule has 0 spiro atoms. The molecule has 1 N–H and O–H groups in total. The Kier molecular flexibility index (Phi) is 4.88. The molecule has 2 saturated heterocycles. The Morgan fingerprint density at radius 3 is 2.86 bits per heavy atom. The van der Waals surface area contributed by atoms with E-state index in [0.29, 0.717) is 6.04 Å². The van der Waals surface area contributed by atoms with Crippen molar-refractivity contribution in [3.05, 3.63) is 35.9 Å². The first-order valence-corrected chi connectivity index (χ1v) is 7.99. The van der Waals surface area contributed by atoms with Gasteiger partial charge in [-0.1, -0.05) is 30.3 Å². The third-order valence-corrected chi connectivity index (χ3v) is 4.40. The first-order valence-electron chi connectivity index (χ1n) is 7.99. The molecule has 0 saturated carbocycles. The highest BCUT2D eigenvalue weighted by molar-refractivity contribution is 5.84. The first kappa shape index (κ1) is 14.5. The molecule has 1 amide bonds. The first-order chi connectivity index (χ1) is 10.3. The zero-order valence-corrected chi connectivity index (χ0v) is 12.5. The van der Waals surface area contributed by atoms with Crippen LogP contribution < -0.4 is 5.32 Å². The van der Waals surface area contributed by atoms with E-state index in [-0.39, 0.29) is 11.9 Å². The van der Waals surface area contributed by atoms with Crippen LogP contribution in [0, 0.1) is 0 Å². The highest BCUT2D eigenvalue weighted by atomic mass is 16.5. The Balaban J connectivity index is 1.41. The number of likely N-dealkylation sites (tertiary alicyclic amines) is 1. The van der Waals surface area contributed by atoms with Crippen LogP contribution in [0.3, 0.4) is 0 Å². The Morgan fingerprint density at radius 2 is 2.10 bits per heavy atom. The van der Waals surface area contributed by atoms with Crippen molar-refractivity contribution in [1.82, 2.24) is 10.2 Å². The van der Waals surface area contributed by atoms with Gasteiger partial charge in [0.2, 0.25) is 5.91 Å². The van der Waals surface area contributed by atoms with E-state index in [2.05, 4.69) is 29.6 Å². The minimum Gasteiger partial charge on any atom is -0.380 e. The lowest BCUT2D eigenvalue weighted by Gasteiger charge is -2.19. The highest BCUT2D eigenvalue weighted by Gasteiger charge is 2.33. The molecule has 1 aromatic rings. The number of hydrogen-bond acceptors (Lipinski definition) is 3. The molecule has 0 aromatic heterocycles. The minimum atomic E-state index is 0.00780. The van der Waals surface area contributed by atoms with Crippen molar-refractivity contribution >= 4 is 5.91 Å². The van der Waals surface area contributed by atoms with Crippen LogP contribution >= 0.6 is 0 Å². The summed E-state index contributed by atoms with van der Waals surface area (Å²) in [5, 5.41) is 3.45. The Hall–Kier alpha value is -1.39. The van der Waals surface area contributed by atoms with E-state index in [0.717, 1.165) is 52.0 Å². The van der Waals surface area contributed by atoms with E-state index in [1.807, 2.05) is 11.0 Å². The van der Waals surface area contributed by atoms with Gasteiger partial charge in [-0.15, -0.1) is 0 Å². The fourth-order valence-corrected chi connectivity index (χ4v) is 3.18. The van der Waals surface area contributed by atoms with E-state index in [9.17, 15) is 4.79 Å². The van der Waals surface area contributed by atoms with Crippen molar-refractivity contribution in [1.29, 1.82) is 0 Å². The number of aryl methyl sites for hydroxylation is 1. The topological polar surface area (TPSA) is 41.6 Å². The molecule has 2 fully saturated rings. The van der Waals surface area contributed by atoms with E-state index < -0.39 is 0 Å². The van der Waals surface area contributed by atoms with E-state index >= 15 is 0 Å². The van der Waals surface area contributed by atoms with Gasteiger partial charge >= 0.3 is 0 Å². The van der Waals surface area contributed by atoms with E-state index in [1.54, 1.807) is 0 Å². The summed E-state index contributed by atoms with van der Waals surface area (Å²) in [5.74, 6) is 0.273. The number of rotatable bonds is 6. The summed E-state index contributed by atoms with van der Waals surface area (Å²) >= 11 is 0. The van der Waals surface area contributed by atoms with Gasteiger partial charge in [0, 0.05) is 25.7 Å². The predicted octanol–water partition coefficient (Wildman–Crippen LogP) is 1.60. The monoisotopic (exact) mass is 288 g/mol. The summed E-state index contributed by atoms with van der Waals surface area (Å²) in [6.45, 7) is 3.32. The van der Waals surface area contributed by atoms with Crippen LogP contribution in [0.1, 0.15) is 24.8 Å². The molecular formula is C17H24N2O2.